The fraction of sp³-hybridized carbons (Fsp3) is 0. The minimum Gasteiger partial charge on any atom is -0.208 e. The quantitative estimate of drug-likeness (QED) is 0.121. The zero-order valence-corrected chi connectivity index (χ0v) is 45.9. The van der Waals surface area contributed by atoms with Crippen LogP contribution in [0.5, 0.6) is 0 Å². The molecule has 0 saturated heterocycles. The highest BCUT2D eigenvalue weighted by atomic mass is 15.0. The molecule has 0 unspecified atom stereocenters. The molecule has 14 aromatic carbocycles. The molecule has 0 aliphatic rings. The summed E-state index contributed by atoms with van der Waals surface area (Å²) in [6.45, 7) is 0. The Morgan fingerprint density at radius 3 is 0.821 bits per heavy atom. The molecule has 0 aliphatic heterocycles. The van der Waals surface area contributed by atoms with Gasteiger partial charge in [0, 0.05) is 16.7 Å². The van der Waals surface area contributed by atoms with E-state index in [9.17, 15) is 0 Å². The standard InChI is InChI=1S/C81H53N3/c1-5-22-54(23-6-1)65-47-66(55-24-7-2-8-25-55)50-69(49-65)59-31-20-34-63(45-59)79-82-80(64-35-21-32-60(46-64)70-51-67(56-26-9-3-10-27-56)48-68(52-70)57-28-11-4-12-29-57)84-81(83-79)77-41-18-13-36-71(77)62-33-19-30-58(44-62)61-42-43-76-74-39-15-14-37-72(74)73-38-16-17-40-75(73)78(76)53-61/h1-53H. The average Bonchev–Trinajstić information content (AvgIpc) is 3.71. The Morgan fingerprint density at radius 2 is 0.393 bits per heavy atom. The molecule has 0 N–H and O–H groups in total. The van der Waals surface area contributed by atoms with Crippen molar-refractivity contribution in [3.05, 3.63) is 322 Å². The van der Waals surface area contributed by atoms with Gasteiger partial charge in [0.1, 0.15) is 0 Å². The molecule has 0 spiro atoms. The zero-order chi connectivity index (χ0) is 55.8. The Hall–Kier alpha value is -11.1. The molecule has 0 amide bonds. The van der Waals surface area contributed by atoms with Gasteiger partial charge in [-0.05, 0) is 182 Å². The van der Waals surface area contributed by atoms with Gasteiger partial charge in [-0.2, -0.15) is 0 Å². The lowest BCUT2D eigenvalue weighted by molar-refractivity contribution is 1.07. The van der Waals surface area contributed by atoms with Gasteiger partial charge in [-0.3, -0.25) is 0 Å². The molecule has 0 atom stereocenters. The first-order valence-corrected chi connectivity index (χ1v) is 28.6. The van der Waals surface area contributed by atoms with Crippen LogP contribution in [0.15, 0.2) is 322 Å². The van der Waals surface area contributed by atoms with E-state index < -0.39 is 0 Å². The lowest BCUT2D eigenvalue weighted by atomic mass is 9.91. The van der Waals surface area contributed by atoms with E-state index in [-0.39, 0.29) is 0 Å². The van der Waals surface area contributed by atoms with E-state index in [1.54, 1.807) is 0 Å². The molecular formula is C81H53N3. The highest BCUT2D eigenvalue weighted by Gasteiger charge is 2.19. The van der Waals surface area contributed by atoms with Gasteiger partial charge in [0.25, 0.3) is 0 Å². The lowest BCUT2D eigenvalue weighted by Gasteiger charge is -2.15. The van der Waals surface area contributed by atoms with Crippen molar-refractivity contribution in [2.24, 2.45) is 0 Å². The Kier molecular flexibility index (Phi) is 12.9. The maximum Gasteiger partial charge on any atom is 0.164 e. The minimum atomic E-state index is 0.585. The van der Waals surface area contributed by atoms with Crippen LogP contribution in [0.3, 0.4) is 0 Å². The molecule has 1 heterocycles. The number of aromatic nitrogens is 3. The molecule has 15 rings (SSSR count). The van der Waals surface area contributed by atoms with E-state index in [1.165, 1.54) is 32.3 Å². The second-order valence-electron chi connectivity index (χ2n) is 21.5. The van der Waals surface area contributed by atoms with Crippen molar-refractivity contribution < 1.29 is 0 Å². The van der Waals surface area contributed by atoms with Crippen LogP contribution in [0.25, 0.3) is 155 Å². The average molecular weight is 1070 g/mol. The van der Waals surface area contributed by atoms with Crippen LogP contribution in [0.2, 0.25) is 0 Å². The van der Waals surface area contributed by atoms with E-state index in [4.69, 9.17) is 15.0 Å². The predicted octanol–water partition coefficient (Wildman–Crippen LogP) is 21.7. The molecule has 392 valence electrons. The number of hydrogen-bond acceptors (Lipinski definition) is 3. The smallest absolute Gasteiger partial charge is 0.164 e. The zero-order valence-electron chi connectivity index (χ0n) is 45.9. The Balaban J connectivity index is 0.880. The van der Waals surface area contributed by atoms with Crippen molar-refractivity contribution in [2.45, 2.75) is 0 Å². The van der Waals surface area contributed by atoms with E-state index in [1.807, 2.05) is 0 Å². The van der Waals surface area contributed by atoms with Crippen molar-refractivity contribution in [3.8, 4) is 123 Å². The van der Waals surface area contributed by atoms with E-state index in [2.05, 4.69) is 322 Å². The van der Waals surface area contributed by atoms with Crippen LogP contribution in [0.1, 0.15) is 0 Å². The molecular weight excluding hydrogens is 1010 g/mol. The first kappa shape index (κ1) is 49.9. The van der Waals surface area contributed by atoms with Gasteiger partial charge in [-0.25, -0.2) is 15.0 Å². The highest BCUT2D eigenvalue weighted by Crippen LogP contribution is 2.41. The van der Waals surface area contributed by atoms with Gasteiger partial charge in [-0.15, -0.1) is 0 Å². The minimum absolute atomic E-state index is 0.585. The summed E-state index contributed by atoms with van der Waals surface area (Å²) in [5.74, 6) is 1.76. The fourth-order valence-electron chi connectivity index (χ4n) is 12.1. The van der Waals surface area contributed by atoms with Crippen molar-refractivity contribution in [1.82, 2.24) is 15.0 Å². The summed E-state index contributed by atoms with van der Waals surface area (Å²) in [6, 6.07) is 115. The molecule has 3 heteroatoms. The molecule has 0 saturated carbocycles. The van der Waals surface area contributed by atoms with Crippen LogP contribution in [-0.2, 0) is 0 Å². The van der Waals surface area contributed by atoms with Crippen LogP contribution < -0.4 is 0 Å². The normalized spacial score (nSPS) is 11.3. The molecule has 15 aromatic rings. The van der Waals surface area contributed by atoms with Crippen LogP contribution >= 0.6 is 0 Å². The number of benzene rings is 14. The largest absolute Gasteiger partial charge is 0.208 e. The molecule has 0 bridgehead atoms. The number of hydrogen-bond donors (Lipinski definition) is 0. The summed E-state index contributed by atoms with van der Waals surface area (Å²) in [7, 11) is 0. The Morgan fingerprint density at radius 1 is 0.131 bits per heavy atom. The molecule has 0 aliphatic carbocycles. The van der Waals surface area contributed by atoms with Gasteiger partial charge in [0.2, 0.25) is 0 Å². The van der Waals surface area contributed by atoms with Crippen LogP contribution in [0.4, 0.5) is 0 Å². The summed E-state index contributed by atoms with van der Waals surface area (Å²) in [4.78, 5) is 16.4. The first-order chi connectivity index (χ1) is 41.6. The molecule has 3 nitrogen and oxygen atoms in total. The second kappa shape index (κ2) is 21.7. The highest BCUT2D eigenvalue weighted by molar-refractivity contribution is 6.25. The summed E-state index contributed by atoms with van der Waals surface area (Å²) in [5.41, 5.74) is 20.6. The monoisotopic (exact) mass is 1070 g/mol. The summed E-state index contributed by atoms with van der Waals surface area (Å²) < 4.78 is 0. The van der Waals surface area contributed by atoms with Crippen molar-refractivity contribution in [3.63, 3.8) is 0 Å². The van der Waals surface area contributed by atoms with Crippen LogP contribution in [0, 0.1) is 0 Å². The van der Waals surface area contributed by atoms with Crippen molar-refractivity contribution >= 4 is 32.3 Å². The maximum absolute atomic E-state index is 5.47. The third-order valence-electron chi connectivity index (χ3n) is 16.3. The summed E-state index contributed by atoms with van der Waals surface area (Å²) in [5, 5.41) is 7.55. The maximum atomic E-state index is 5.47. The molecule has 1 aromatic heterocycles. The number of rotatable bonds is 11. The van der Waals surface area contributed by atoms with E-state index in [0.717, 1.165) is 106 Å². The van der Waals surface area contributed by atoms with Crippen molar-refractivity contribution in [2.75, 3.05) is 0 Å². The topological polar surface area (TPSA) is 38.7 Å². The van der Waals surface area contributed by atoms with Gasteiger partial charge in [-0.1, -0.05) is 261 Å². The summed E-state index contributed by atoms with van der Waals surface area (Å²) in [6.07, 6.45) is 0. The van der Waals surface area contributed by atoms with Crippen LogP contribution in [-0.4, -0.2) is 15.0 Å². The number of fused-ring (bicyclic) bond motifs is 6. The van der Waals surface area contributed by atoms with E-state index >= 15 is 0 Å². The van der Waals surface area contributed by atoms with Gasteiger partial charge in [0.05, 0.1) is 0 Å². The summed E-state index contributed by atoms with van der Waals surface area (Å²) >= 11 is 0. The third kappa shape index (κ3) is 9.70. The second-order valence-corrected chi connectivity index (χ2v) is 21.5. The molecule has 0 fully saturated rings. The van der Waals surface area contributed by atoms with Gasteiger partial charge in [0.15, 0.2) is 17.5 Å². The Labute approximate surface area is 489 Å². The molecule has 84 heavy (non-hydrogen) atoms. The van der Waals surface area contributed by atoms with Gasteiger partial charge < -0.3 is 0 Å². The van der Waals surface area contributed by atoms with Crippen molar-refractivity contribution in [1.29, 1.82) is 0 Å². The third-order valence-corrected chi connectivity index (χ3v) is 16.3. The lowest BCUT2D eigenvalue weighted by Crippen LogP contribution is -2.01. The SMILES string of the molecule is c1ccc(-c2cc(-c3ccccc3)cc(-c3cccc(-c4nc(-c5cccc(-c6cc(-c7ccccc7)cc(-c7ccccc7)c6)c5)nc(-c5ccccc5-c5cccc(-c6ccc7c8ccccc8c8ccccc8c7c6)c5)n4)c3)c2)cc1. The van der Waals surface area contributed by atoms with Gasteiger partial charge >= 0.3 is 0 Å². The fourth-order valence-corrected chi connectivity index (χ4v) is 12.1. The predicted molar refractivity (Wildman–Crippen MR) is 352 cm³/mol. The first-order valence-electron chi connectivity index (χ1n) is 28.6. The Bertz CT molecular complexity index is 4600. The van der Waals surface area contributed by atoms with E-state index in [0.29, 0.717) is 17.5 Å². The number of nitrogens with zero attached hydrogens (tertiary/aromatic N) is 3. The molecule has 0 radical (unpaired) electrons.